The van der Waals surface area contributed by atoms with Crippen LogP contribution in [0.2, 0.25) is 0 Å². The number of carbonyl (C=O) groups is 5. The molecule has 0 bridgehead atoms. The maximum absolute atomic E-state index is 13.8. The average molecular weight is 614 g/mol. The number of hydrogen-bond donors (Lipinski definition) is 1. The van der Waals surface area contributed by atoms with Gasteiger partial charge in [0.25, 0.3) is 0 Å². The van der Waals surface area contributed by atoms with Crippen LogP contribution in [0.4, 0.5) is 4.79 Å². The van der Waals surface area contributed by atoms with Crippen molar-refractivity contribution in [1.29, 1.82) is 0 Å². The number of allylic oxidation sites excluding steroid dienone is 1. The number of nitrogens with zero attached hydrogens (tertiary/aromatic N) is 1. The zero-order valence-corrected chi connectivity index (χ0v) is 27.5. The van der Waals surface area contributed by atoms with Crippen molar-refractivity contribution in [3.05, 3.63) is 41.5 Å². The molecule has 1 aromatic rings. The number of unbranched alkanes of at least 4 members (excludes halogenated alkanes) is 7. The number of amides is 2. The normalized spacial score (nSPS) is 17.8. The van der Waals surface area contributed by atoms with Crippen LogP contribution in [-0.2, 0) is 28.7 Å². The van der Waals surface area contributed by atoms with Gasteiger partial charge in [0.05, 0.1) is 12.0 Å². The van der Waals surface area contributed by atoms with E-state index in [0.29, 0.717) is 12.0 Å². The molecule has 1 N–H and O–H groups in total. The molecule has 1 aliphatic heterocycles. The molecular weight excluding hydrogens is 562 g/mol. The van der Waals surface area contributed by atoms with Gasteiger partial charge in [-0.25, -0.2) is 9.69 Å². The average Bonchev–Trinajstić information content (AvgIpc) is 3.20. The van der Waals surface area contributed by atoms with Crippen LogP contribution in [0.1, 0.15) is 110 Å². The summed E-state index contributed by atoms with van der Waals surface area (Å²) in [5.74, 6) is -3.71. The highest BCUT2D eigenvalue weighted by Gasteiger charge is 2.53. The van der Waals surface area contributed by atoms with E-state index in [1.807, 2.05) is 32.9 Å². The van der Waals surface area contributed by atoms with Crippen LogP contribution in [0.15, 0.2) is 30.3 Å². The van der Waals surface area contributed by atoms with E-state index in [9.17, 15) is 24.0 Å². The first-order chi connectivity index (χ1) is 20.7. The van der Waals surface area contributed by atoms with Gasteiger partial charge in [-0.15, -0.1) is 0 Å². The van der Waals surface area contributed by atoms with E-state index in [1.165, 1.54) is 13.0 Å². The van der Waals surface area contributed by atoms with Crippen LogP contribution in [0, 0.1) is 18.8 Å². The number of ketones is 2. The lowest BCUT2D eigenvalue weighted by Crippen LogP contribution is -2.52. The lowest BCUT2D eigenvalue weighted by Gasteiger charge is -2.33. The highest BCUT2D eigenvalue weighted by atomic mass is 16.6. The van der Waals surface area contributed by atoms with Crippen LogP contribution in [-0.4, -0.2) is 63.9 Å². The third-order valence-electron chi connectivity index (χ3n) is 8.05. The molecule has 0 saturated carbocycles. The molecule has 0 aliphatic carbocycles. The standard InChI is InChI=1S/C35H51NO8/c1-23(2)32-35(6,7)44-34(42)36(32)33(41)25(4)31(43-26(5)38)30(40)22-28(27-18-16-17-24(3)21-27)29(39)19-14-12-10-8-9-11-13-15-20-37/h16-18,21-23,25,31-32,37H,8-15,19-20H2,1-7H3. The Hall–Kier alpha value is -3.33. The number of hydrogen-bond acceptors (Lipinski definition) is 8. The van der Waals surface area contributed by atoms with Gasteiger partial charge in [-0.2, -0.15) is 0 Å². The minimum atomic E-state index is -1.54. The number of aryl methyl sites for hydroxylation is 1. The van der Waals surface area contributed by atoms with Gasteiger partial charge in [0, 0.05) is 25.5 Å². The van der Waals surface area contributed by atoms with Crippen molar-refractivity contribution in [3.8, 4) is 0 Å². The third kappa shape index (κ3) is 10.4. The van der Waals surface area contributed by atoms with E-state index < -0.39 is 47.4 Å². The van der Waals surface area contributed by atoms with Crippen molar-refractivity contribution in [2.24, 2.45) is 11.8 Å². The van der Waals surface area contributed by atoms with E-state index in [-0.39, 0.29) is 30.3 Å². The topological polar surface area (TPSA) is 127 Å². The van der Waals surface area contributed by atoms with Gasteiger partial charge in [-0.3, -0.25) is 19.2 Å². The minimum Gasteiger partial charge on any atom is -0.453 e. The maximum Gasteiger partial charge on any atom is 0.417 e. The third-order valence-corrected chi connectivity index (χ3v) is 8.05. The van der Waals surface area contributed by atoms with Gasteiger partial charge >= 0.3 is 12.1 Å². The van der Waals surface area contributed by atoms with Gasteiger partial charge in [0.15, 0.2) is 17.7 Å². The number of esters is 1. The van der Waals surface area contributed by atoms with Crippen LogP contribution in [0.25, 0.3) is 5.57 Å². The van der Waals surface area contributed by atoms with Crippen LogP contribution in [0.5, 0.6) is 0 Å². The van der Waals surface area contributed by atoms with E-state index in [4.69, 9.17) is 14.6 Å². The number of imide groups is 1. The summed E-state index contributed by atoms with van der Waals surface area (Å²) in [6, 6.07) is 6.67. The number of carbonyl (C=O) groups excluding carboxylic acids is 5. The number of benzene rings is 1. The molecule has 3 unspecified atom stereocenters. The second-order valence-electron chi connectivity index (χ2n) is 12.7. The molecule has 0 radical (unpaired) electrons. The Morgan fingerprint density at radius 1 is 1.00 bits per heavy atom. The Bertz CT molecular complexity index is 1200. The summed E-state index contributed by atoms with van der Waals surface area (Å²) in [7, 11) is 0. The summed E-state index contributed by atoms with van der Waals surface area (Å²) in [5.41, 5.74) is 0.732. The van der Waals surface area contributed by atoms with E-state index in [2.05, 4.69) is 0 Å². The second-order valence-corrected chi connectivity index (χ2v) is 12.7. The van der Waals surface area contributed by atoms with Gasteiger partial charge in [0.1, 0.15) is 5.60 Å². The van der Waals surface area contributed by atoms with Crippen LogP contribution >= 0.6 is 0 Å². The van der Waals surface area contributed by atoms with E-state index in [1.54, 1.807) is 26.0 Å². The Balaban J connectivity index is 2.28. The van der Waals surface area contributed by atoms with Gasteiger partial charge in [-0.05, 0) is 58.1 Å². The summed E-state index contributed by atoms with van der Waals surface area (Å²) < 4.78 is 10.9. The molecule has 1 heterocycles. The van der Waals surface area contributed by atoms with Crippen molar-refractivity contribution in [2.45, 2.75) is 124 Å². The molecule has 44 heavy (non-hydrogen) atoms. The number of ether oxygens (including phenoxy) is 2. The first-order valence-electron chi connectivity index (χ1n) is 15.9. The van der Waals surface area contributed by atoms with Crippen molar-refractivity contribution < 1.29 is 38.6 Å². The number of aliphatic hydroxyl groups excluding tert-OH is 1. The van der Waals surface area contributed by atoms with E-state index in [0.717, 1.165) is 62.3 Å². The quantitative estimate of drug-likeness (QED) is 0.115. The van der Waals surface area contributed by atoms with Crippen LogP contribution < -0.4 is 0 Å². The largest absolute Gasteiger partial charge is 0.453 e. The van der Waals surface area contributed by atoms with Gasteiger partial charge in [0.2, 0.25) is 5.91 Å². The molecule has 3 atom stereocenters. The van der Waals surface area contributed by atoms with Gasteiger partial charge in [-0.1, -0.05) is 82.2 Å². The highest BCUT2D eigenvalue weighted by Crippen LogP contribution is 2.36. The Morgan fingerprint density at radius 2 is 1.59 bits per heavy atom. The van der Waals surface area contributed by atoms with Crippen molar-refractivity contribution in [1.82, 2.24) is 4.90 Å². The molecule has 9 heteroatoms. The Labute approximate surface area is 262 Å². The van der Waals surface area contributed by atoms with E-state index >= 15 is 0 Å². The summed E-state index contributed by atoms with van der Waals surface area (Å²) in [6.45, 7) is 11.9. The SMILES string of the molecule is CC(=O)OC(C(=O)C=C(C(=O)CCCCCCCCCCO)c1cccc(C)c1)C(C)C(=O)N1C(=O)OC(C)(C)C1C(C)C. The lowest BCUT2D eigenvalue weighted by molar-refractivity contribution is -0.158. The predicted molar refractivity (Wildman–Crippen MR) is 169 cm³/mol. The number of aliphatic hydroxyl groups is 1. The Morgan fingerprint density at radius 3 is 2.14 bits per heavy atom. The van der Waals surface area contributed by atoms with Crippen LogP contribution in [0.3, 0.4) is 0 Å². The first-order valence-corrected chi connectivity index (χ1v) is 15.9. The fraction of sp³-hybridized carbons (Fsp3) is 0.629. The zero-order valence-electron chi connectivity index (χ0n) is 27.5. The highest BCUT2D eigenvalue weighted by molar-refractivity contribution is 6.25. The predicted octanol–water partition coefficient (Wildman–Crippen LogP) is 6.37. The molecular formula is C35H51NO8. The molecule has 244 valence electrons. The fourth-order valence-corrected chi connectivity index (χ4v) is 5.98. The smallest absolute Gasteiger partial charge is 0.417 e. The number of Topliss-reactive ketones (excluding diaryl/α,β-unsaturated/α-hetero) is 1. The fourth-order valence-electron chi connectivity index (χ4n) is 5.98. The van der Waals surface area contributed by atoms with Crippen molar-refractivity contribution in [2.75, 3.05) is 6.61 Å². The maximum atomic E-state index is 13.8. The molecule has 2 amide bonds. The molecule has 0 aromatic heterocycles. The number of cyclic esters (lactones) is 1. The molecule has 1 saturated heterocycles. The molecule has 2 rings (SSSR count). The summed E-state index contributed by atoms with van der Waals surface area (Å²) in [6.07, 6.45) is 6.70. The lowest BCUT2D eigenvalue weighted by atomic mass is 9.87. The summed E-state index contributed by atoms with van der Waals surface area (Å²) >= 11 is 0. The zero-order chi connectivity index (χ0) is 33.0. The molecule has 0 spiro atoms. The molecule has 9 nitrogen and oxygen atoms in total. The van der Waals surface area contributed by atoms with Crippen molar-refractivity contribution in [3.63, 3.8) is 0 Å². The van der Waals surface area contributed by atoms with Gasteiger partial charge < -0.3 is 14.6 Å². The Kier molecular flexibility index (Phi) is 14.4. The molecule has 1 aliphatic rings. The second kappa shape index (κ2) is 17.2. The minimum absolute atomic E-state index is 0.132. The monoisotopic (exact) mass is 613 g/mol. The summed E-state index contributed by atoms with van der Waals surface area (Å²) in [4.78, 5) is 66.9. The molecule has 1 aromatic carbocycles. The summed E-state index contributed by atoms with van der Waals surface area (Å²) in [5, 5.41) is 8.89. The first kappa shape index (κ1) is 36.9. The number of rotatable bonds is 18. The van der Waals surface area contributed by atoms with Crippen molar-refractivity contribution >= 4 is 35.1 Å². The molecule has 1 fully saturated rings.